The van der Waals surface area contributed by atoms with Gasteiger partial charge in [0.2, 0.25) is 0 Å². The second kappa shape index (κ2) is 7.55. The summed E-state index contributed by atoms with van der Waals surface area (Å²) in [6.07, 6.45) is 1.92. The molecule has 0 bridgehead atoms. The number of rotatable bonds is 6. The Labute approximate surface area is 155 Å². The number of aliphatic imine (C=N–C) groups is 1. The second-order valence-corrected chi connectivity index (χ2v) is 6.89. The zero-order chi connectivity index (χ0) is 18.7. The number of benzene rings is 1. The number of nitrogens with zero attached hydrogens (tertiary/aromatic N) is 2. The van der Waals surface area contributed by atoms with Gasteiger partial charge < -0.3 is 25.0 Å². The van der Waals surface area contributed by atoms with Crippen LogP contribution in [0.5, 0.6) is 11.5 Å². The van der Waals surface area contributed by atoms with E-state index in [9.17, 15) is 0 Å². The third kappa shape index (κ3) is 3.78. The number of likely N-dealkylation sites (tertiary alicyclic amines) is 1. The van der Waals surface area contributed by atoms with Crippen LogP contribution >= 0.6 is 0 Å². The average molecular weight is 359 g/mol. The number of hydrogen-bond donors (Lipinski definition) is 3. The van der Waals surface area contributed by atoms with Crippen molar-refractivity contribution >= 4 is 5.84 Å². The summed E-state index contributed by atoms with van der Waals surface area (Å²) < 4.78 is 11.5. The third-order valence-corrected chi connectivity index (χ3v) is 4.89. The van der Waals surface area contributed by atoms with Crippen LogP contribution in [-0.4, -0.2) is 51.1 Å². The molecule has 7 nitrogen and oxygen atoms in total. The molecule has 1 saturated heterocycles. The van der Waals surface area contributed by atoms with Gasteiger partial charge in [-0.2, -0.15) is 0 Å². The first kappa shape index (κ1) is 18.5. The Morgan fingerprint density at radius 1 is 1.31 bits per heavy atom. The predicted molar refractivity (Wildman–Crippen MR) is 103 cm³/mol. The minimum absolute atomic E-state index is 0.560. The van der Waals surface area contributed by atoms with Crippen LogP contribution < -0.4 is 25.8 Å². The fraction of sp³-hybridized carbons (Fsp3) is 0.526. The van der Waals surface area contributed by atoms with Crippen molar-refractivity contribution in [1.29, 1.82) is 0 Å². The fourth-order valence-corrected chi connectivity index (χ4v) is 3.37. The first-order chi connectivity index (χ1) is 12.5. The number of hydrogen-bond acceptors (Lipinski definition) is 6. The van der Waals surface area contributed by atoms with E-state index in [0.717, 1.165) is 36.7 Å². The first-order valence-electron chi connectivity index (χ1n) is 9.01. The van der Waals surface area contributed by atoms with E-state index in [1.165, 1.54) is 0 Å². The summed E-state index contributed by atoms with van der Waals surface area (Å²) in [5.41, 5.74) is 8.38. The van der Waals surface area contributed by atoms with Crippen LogP contribution in [-0.2, 0) is 5.79 Å². The zero-order valence-electron chi connectivity index (χ0n) is 16.0. The van der Waals surface area contributed by atoms with E-state index in [4.69, 9.17) is 15.2 Å². The summed E-state index contributed by atoms with van der Waals surface area (Å²) in [5, 5.41) is 6.51. The van der Waals surface area contributed by atoms with E-state index in [1.54, 1.807) is 14.2 Å². The predicted octanol–water partition coefficient (Wildman–Crippen LogP) is 1.22. The van der Waals surface area contributed by atoms with E-state index >= 15 is 0 Å². The average Bonchev–Trinajstić information content (AvgIpc) is 2.59. The van der Waals surface area contributed by atoms with Gasteiger partial charge in [-0.05, 0) is 37.7 Å². The highest BCUT2D eigenvalue weighted by Crippen LogP contribution is 2.32. The molecule has 0 radical (unpaired) electrons. The van der Waals surface area contributed by atoms with Gasteiger partial charge in [0.25, 0.3) is 0 Å². The summed E-state index contributed by atoms with van der Waals surface area (Å²) in [4.78, 5) is 6.61. The van der Waals surface area contributed by atoms with Gasteiger partial charge in [0.1, 0.15) is 5.84 Å². The summed E-state index contributed by atoms with van der Waals surface area (Å²) >= 11 is 0. The zero-order valence-corrected chi connectivity index (χ0v) is 16.0. The van der Waals surface area contributed by atoms with E-state index in [0.29, 0.717) is 24.0 Å². The Morgan fingerprint density at radius 2 is 2.08 bits per heavy atom. The molecule has 0 aromatic heterocycles. The minimum Gasteiger partial charge on any atom is -0.493 e. The lowest BCUT2D eigenvalue weighted by Crippen LogP contribution is -2.64. The minimum atomic E-state index is -0.951. The highest BCUT2D eigenvalue weighted by Gasteiger charge is 2.32. The van der Waals surface area contributed by atoms with E-state index < -0.39 is 5.79 Å². The van der Waals surface area contributed by atoms with Gasteiger partial charge in [-0.3, -0.25) is 10.7 Å². The number of nitrogens with one attached hydrogen (secondary N) is 2. The van der Waals surface area contributed by atoms with Gasteiger partial charge >= 0.3 is 0 Å². The third-order valence-electron chi connectivity index (χ3n) is 4.89. The van der Waals surface area contributed by atoms with Gasteiger partial charge in [0, 0.05) is 37.3 Å². The van der Waals surface area contributed by atoms with E-state index in [2.05, 4.69) is 27.4 Å². The topological polar surface area (TPSA) is 84.1 Å². The smallest absolute Gasteiger partial charge is 0.190 e. The van der Waals surface area contributed by atoms with Crippen molar-refractivity contribution in [3.8, 4) is 11.5 Å². The van der Waals surface area contributed by atoms with E-state index in [1.807, 2.05) is 31.2 Å². The Bertz CT molecular complexity index is 712. The molecule has 4 N–H and O–H groups in total. The maximum atomic E-state index is 6.58. The van der Waals surface area contributed by atoms with Gasteiger partial charge in [-0.1, -0.05) is 6.92 Å². The largest absolute Gasteiger partial charge is 0.493 e. The van der Waals surface area contributed by atoms with Crippen molar-refractivity contribution in [3.63, 3.8) is 0 Å². The summed E-state index contributed by atoms with van der Waals surface area (Å²) in [5.74, 6) is 1.75. The molecule has 0 aliphatic carbocycles. The van der Waals surface area contributed by atoms with Crippen molar-refractivity contribution in [2.75, 3.05) is 40.4 Å². The fourth-order valence-electron chi connectivity index (χ4n) is 3.37. The molecule has 1 fully saturated rings. The van der Waals surface area contributed by atoms with Crippen LogP contribution in [0.25, 0.3) is 0 Å². The van der Waals surface area contributed by atoms with Crippen molar-refractivity contribution < 1.29 is 9.47 Å². The lowest BCUT2D eigenvalue weighted by Gasteiger charge is -2.39. The Hall–Kier alpha value is -2.25. The maximum absolute atomic E-state index is 6.58. The molecule has 0 amide bonds. The summed E-state index contributed by atoms with van der Waals surface area (Å²) in [6.45, 7) is 8.08. The Balaban J connectivity index is 1.77. The van der Waals surface area contributed by atoms with Crippen LogP contribution in [0.2, 0.25) is 0 Å². The van der Waals surface area contributed by atoms with Crippen molar-refractivity contribution in [3.05, 3.63) is 35.5 Å². The molecule has 1 unspecified atom stereocenters. The number of amidine groups is 1. The van der Waals surface area contributed by atoms with Gasteiger partial charge in [-0.25, -0.2) is 0 Å². The van der Waals surface area contributed by atoms with Crippen LogP contribution in [0.15, 0.2) is 35.0 Å². The maximum Gasteiger partial charge on any atom is 0.190 e. The van der Waals surface area contributed by atoms with E-state index in [-0.39, 0.29) is 0 Å². The standard InChI is InChI=1S/C19H29N5O2/c1-5-24-10-14(11-24)12-26-17-9-15(6-7-16(17)25-4)19(20)22-13(2)8-18(21-3)23-19/h6-9,14,22H,5,10-12,20H2,1-4H3,(H,21,23). The molecule has 7 heteroatoms. The number of methoxy groups -OCH3 is 1. The number of ether oxygens (including phenoxy) is 2. The SMILES string of the molecule is CCN1CC(COc2cc(C3(N)NC(C)=CC(=NC)N3)ccc2OC)C1. The molecule has 0 saturated carbocycles. The number of allylic oxidation sites excluding steroid dienone is 1. The Morgan fingerprint density at radius 3 is 2.73 bits per heavy atom. The molecule has 3 rings (SSSR count). The summed E-state index contributed by atoms with van der Waals surface area (Å²) in [7, 11) is 3.38. The van der Waals surface area contributed by atoms with Crippen LogP contribution in [0.4, 0.5) is 0 Å². The van der Waals surface area contributed by atoms with Crippen LogP contribution in [0, 0.1) is 5.92 Å². The van der Waals surface area contributed by atoms with Crippen molar-refractivity contribution in [2.45, 2.75) is 19.6 Å². The lowest BCUT2D eigenvalue weighted by molar-refractivity contribution is 0.0661. The highest BCUT2D eigenvalue weighted by molar-refractivity contribution is 5.94. The van der Waals surface area contributed by atoms with Crippen LogP contribution in [0.1, 0.15) is 19.4 Å². The van der Waals surface area contributed by atoms with Gasteiger partial charge in [0.05, 0.1) is 13.7 Å². The normalized spacial score (nSPS) is 25.1. The highest BCUT2D eigenvalue weighted by atomic mass is 16.5. The first-order valence-corrected chi connectivity index (χ1v) is 9.01. The lowest BCUT2D eigenvalue weighted by atomic mass is 10.0. The molecular weight excluding hydrogens is 330 g/mol. The molecule has 1 aromatic carbocycles. The molecule has 2 aliphatic heterocycles. The molecule has 142 valence electrons. The molecule has 1 atom stereocenters. The van der Waals surface area contributed by atoms with Crippen LogP contribution in [0.3, 0.4) is 0 Å². The van der Waals surface area contributed by atoms with Crippen molar-refractivity contribution in [1.82, 2.24) is 15.5 Å². The quantitative estimate of drug-likeness (QED) is 0.708. The van der Waals surface area contributed by atoms with Crippen molar-refractivity contribution in [2.24, 2.45) is 16.6 Å². The summed E-state index contributed by atoms with van der Waals surface area (Å²) in [6, 6.07) is 5.75. The number of nitrogens with two attached hydrogens (primary N) is 1. The second-order valence-electron chi connectivity index (χ2n) is 6.89. The molecule has 26 heavy (non-hydrogen) atoms. The molecular formula is C19H29N5O2. The monoisotopic (exact) mass is 359 g/mol. The molecule has 1 aromatic rings. The molecule has 0 spiro atoms. The van der Waals surface area contributed by atoms with Gasteiger partial charge in [-0.15, -0.1) is 0 Å². The molecule has 2 aliphatic rings. The van der Waals surface area contributed by atoms with Gasteiger partial charge in [0.15, 0.2) is 17.3 Å². The molecule has 2 heterocycles. The Kier molecular flexibility index (Phi) is 5.38.